The van der Waals surface area contributed by atoms with E-state index in [4.69, 9.17) is 15.0 Å². The van der Waals surface area contributed by atoms with E-state index in [1.807, 2.05) is 0 Å². The Balaban J connectivity index is 1.46. The van der Waals surface area contributed by atoms with Crippen LogP contribution >= 0.6 is 0 Å². The lowest BCUT2D eigenvalue weighted by Crippen LogP contribution is -2.62. The molecular formula is C34H19N6+. The summed E-state index contributed by atoms with van der Waals surface area (Å²) < 4.78 is 7.03. The molecule has 7 aromatic rings. The molecule has 0 bridgehead atoms. The summed E-state index contributed by atoms with van der Waals surface area (Å²) in [5.41, 5.74) is 4.14. The molecule has 0 N–H and O–H groups in total. The van der Waals surface area contributed by atoms with Crippen molar-refractivity contribution in [3.8, 4) is 0 Å². The number of fused-ring (bicyclic) bond motifs is 12. The van der Waals surface area contributed by atoms with Crippen LogP contribution in [0.15, 0.2) is 112 Å². The molecule has 11 rings (SSSR count). The Morgan fingerprint density at radius 1 is 0.575 bits per heavy atom. The van der Waals surface area contributed by atoms with Crippen molar-refractivity contribution in [3.05, 3.63) is 119 Å². The Morgan fingerprint density at radius 2 is 1.25 bits per heavy atom. The molecule has 0 fully saturated rings. The number of amidine groups is 2. The topological polar surface area (TPSA) is 49.9 Å². The highest BCUT2D eigenvalue weighted by molar-refractivity contribution is 6.20. The molecule has 1 atom stereocenters. The molecule has 2 aromatic heterocycles. The van der Waals surface area contributed by atoms with Crippen LogP contribution in [-0.2, 0) is 5.79 Å². The first-order valence-corrected chi connectivity index (χ1v) is 13.7. The molecule has 6 heteroatoms. The van der Waals surface area contributed by atoms with Crippen molar-refractivity contribution in [3.63, 3.8) is 0 Å². The Kier molecular flexibility index (Phi) is 3.00. The second-order valence-electron chi connectivity index (χ2n) is 11.3. The lowest BCUT2D eigenvalue weighted by atomic mass is 10.0. The van der Waals surface area contributed by atoms with Gasteiger partial charge in [-0.15, -0.1) is 0 Å². The molecule has 6 nitrogen and oxygen atoms in total. The SMILES string of the molecule is C[C@@]12n3c4c5ccc6ccccc6c5c3N=C3c5ccccc5C(=[N+]31)N=c1c3cc5ccccc5cc3c(n12)=N4. The zero-order valence-electron chi connectivity index (χ0n) is 21.4. The largest absolute Gasteiger partial charge is 0.277 e. The summed E-state index contributed by atoms with van der Waals surface area (Å²) in [7, 11) is 0. The highest BCUT2D eigenvalue weighted by atomic mass is 15.6. The second kappa shape index (κ2) is 6.10. The molecule has 40 heavy (non-hydrogen) atoms. The average Bonchev–Trinajstić information content (AvgIpc) is 3.61. The number of hydrogen-bond acceptors (Lipinski definition) is 3. The first kappa shape index (κ1) is 19.7. The maximum absolute atomic E-state index is 5.45. The van der Waals surface area contributed by atoms with Crippen LogP contribution in [0.3, 0.4) is 0 Å². The van der Waals surface area contributed by atoms with E-state index in [0.717, 1.165) is 67.0 Å². The number of aliphatic imine (C=N–C) groups is 1. The number of aromatic nitrogens is 2. The van der Waals surface area contributed by atoms with E-state index in [2.05, 4.69) is 118 Å². The Morgan fingerprint density at radius 3 is 2.05 bits per heavy atom. The number of rotatable bonds is 0. The van der Waals surface area contributed by atoms with Gasteiger partial charge < -0.3 is 0 Å². The zero-order chi connectivity index (χ0) is 25.9. The molecule has 0 radical (unpaired) electrons. The van der Waals surface area contributed by atoms with Gasteiger partial charge in [0.1, 0.15) is 11.3 Å². The van der Waals surface area contributed by atoms with Crippen LogP contribution < -0.4 is 11.0 Å². The minimum Gasteiger partial charge on any atom is -0.240 e. The molecule has 4 aliphatic rings. The van der Waals surface area contributed by atoms with Crippen LogP contribution in [0.1, 0.15) is 18.1 Å². The van der Waals surface area contributed by atoms with Crippen molar-refractivity contribution in [1.29, 1.82) is 0 Å². The van der Waals surface area contributed by atoms with Crippen molar-refractivity contribution in [2.45, 2.75) is 12.7 Å². The fourth-order valence-electron chi connectivity index (χ4n) is 7.66. The van der Waals surface area contributed by atoms with E-state index in [-0.39, 0.29) is 0 Å². The maximum Gasteiger partial charge on any atom is 0.277 e. The first-order chi connectivity index (χ1) is 19.7. The van der Waals surface area contributed by atoms with E-state index >= 15 is 0 Å². The Labute approximate surface area is 226 Å². The molecule has 0 aliphatic carbocycles. The van der Waals surface area contributed by atoms with Gasteiger partial charge in [0.05, 0.1) is 16.5 Å². The zero-order valence-corrected chi connectivity index (χ0v) is 21.4. The van der Waals surface area contributed by atoms with Crippen LogP contribution in [0.4, 0.5) is 11.6 Å². The molecule has 6 heterocycles. The maximum atomic E-state index is 5.45. The monoisotopic (exact) mass is 511 g/mol. The summed E-state index contributed by atoms with van der Waals surface area (Å²) in [4.78, 5) is 16.3. The number of nitrogens with zero attached hydrogens (tertiary/aromatic N) is 6. The Bertz CT molecular complexity index is 2610. The standard InChI is InChI=1S/C34H19N6/c1-34-38-28-22-12-6-7-13-23(22)29(38)37-33-27-21-11-5-4-8-18(21)14-15-24(27)30(40(33)34)36-32-26-17-20-10-3-2-9-19(20)16-25(26)31(35-28)39(32)34/h2-17H,1H3/q+1/t34-/m1/s1. The molecule has 0 unspecified atom stereocenters. The summed E-state index contributed by atoms with van der Waals surface area (Å²) in [5, 5.41) is 9.35. The van der Waals surface area contributed by atoms with Crippen LogP contribution in [0.25, 0.3) is 43.1 Å². The van der Waals surface area contributed by atoms with Gasteiger partial charge >= 0.3 is 0 Å². The van der Waals surface area contributed by atoms with E-state index in [9.17, 15) is 0 Å². The smallest absolute Gasteiger partial charge is 0.240 e. The lowest BCUT2D eigenvalue weighted by molar-refractivity contribution is -0.550. The highest BCUT2D eigenvalue weighted by Crippen LogP contribution is 2.50. The van der Waals surface area contributed by atoms with Crippen molar-refractivity contribution >= 4 is 66.4 Å². The quantitative estimate of drug-likeness (QED) is 0.230. The molecule has 0 saturated carbocycles. The van der Waals surface area contributed by atoms with Gasteiger partial charge in [-0.3, -0.25) is 0 Å². The first-order valence-electron chi connectivity index (χ1n) is 13.7. The molecule has 0 saturated heterocycles. The third-order valence-corrected chi connectivity index (χ3v) is 9.35. The third-order valence-electron chi connectivity index (χ3n) is 9.35. The molecule has 184 valence electrons. The number of benzene rings is 5. The molecule has 4 aliphatic heterocycles. The van der Waals surface area contributed by atoms with Crippen molar-refractivity contribution in [2.75, 3.05) is 0 Å². The minimum atomic E-state index is -0.643. The van der Waals surface area contributed by atoms with Gasteiger partial charge in [-0.05, 0) is 51.9 Å². The summed E-state index contributed by atoms with van der Waals surface area (Å²) in [6.07, 6.45) is 0. The van der Waals surface area contributed by atoms with Crippen molar-refractivity contribution in [2.24, 2.45) is 15.0 Å². The van der Waals surface area contributed by atoms with Gasteiger partial charge in [0.2, 0.25) is 11.3 Å². The fourth-order valence-corrected chi connectivity index (χ4v) is 7.66. The third kappa shape index (κ3) is 1.91. The highest BCUT2D eigenvalue weighted by Gasteiger charge is 2.57. The lowest BCUT2D eigenvalue weighted by Gasteiger charge is -2.38. The van der Waals surface area contributed by atoms with Crippen molar-refractivity contribution in [1.82, 2.24) is 9.13 Å². The van der Waals surface area contributed by atoms with Crippen molar-refractivity contribution < 1.29 is 4.58 Å². The minimum absolute atomic E-state index is 0.643. The summed E-state index contributed by atoms with van der Waals surface area (Å²) in [6, 6.07) is 34.7. The van der Waals surface area contributed by atoms with E-state index < -0.39 is 5.79 Å². The van der Waals surface area contributed by atoms with Crippen LogP contribution in [0, 0.1) is 0 Å². The Hall–Kier alpha value is -5.36. The van der Waals surface area contributed by atoms with E-state index in [1.54, 1.807) is 0 Å². The van der Waals surface area contributed by atoms with Crippen LogP contribution in [-0.4, -0.2) is 25.4 Å². The summed E-state index contributed by atoms with van der Waals surface area (Å²) in [5.74, 6) is 3.16. The second-order valence-corrected chi connectivity index (χ2v) is 11.3. The molecule has 5 aromatic carbocycles. The molecule has 0 spiro atoms. The van der Waals surface area contributed by atoms with Gasteiger partial charge in [0.15, 0.2) is 0 Å². The summed E-state index contributed by atoms with van der Waals surface area (Å²) in [6.45, 7) is 2.30. The van der Waals surface area contributed by atoms with Gasteiger partial charge in [-0.1, -0.05) is 76.7 Å². The normalized spacial score (nSPS) is 19.2. The summed E-state index contributed by atoms with van der Waals surface area (Å²) >= 11 is 0. The van der Waals surface area contributed by atoms with E-state index in [0.29, 0.717) is 0 Å². The number of hydrogen-bond donors (Lipinski definition) is 0. The fraction of sp³-hybridized carbons (Fsp3) is 0.0588. The van der Waals surface area contributed by atoms with Crippen LogP contribution in [0.2, 0.25) is 0 Å². The predicted molar refractivity (Wildman–Crippen MR) is 157 cm³/mol. The average molecular weight is 512 g/mol. The van der Waals surface area contributed by atoms with Gasteiger partial charge in [-0.25, -0.2) is 14.1 Å². The van der Waals surface area contributed by atoms with Gasteiger partial charge in [0, 0.05) is 23.1 Å². The van der Waals surface area contributed by atoms with Gasteiger partial charge in [0.25, 0.3) is 17.5 Å². The van der Waals surface area contributed by atoms with E-state index in [1.165, 1.54) is 21.5 Å². The molecular weight excluding hydrogens is 492 g/mol. The van der Waals surface area contributed by atoms with Gasteiger partial charge in [-0.2, -0.15) is 4.58 Å². The predicted octanol–water partition coefficient (Wildman–Crippen LogP) is 5.84. The molecule has 0 amide bonds. The van der Waals surface area contributed by atoms with Crippen LogP contribution in [0.5, 0.6) is 0 Å².